The smallest absolute Gasteiger partial charge is 0.348 e. The van der Waals surface area contributed by atoms with E-state index in [0.717, 1.165) is 11.3 Å². The fourth-order valence-electron chi connectivity index (χ4n) is 1.87. The molecule has 0 unspecified atom stereocenters. The van der Waals surface area contributed by atoms with Gasteiger partial charge in [0.15, 0.2) is 0 Å². The second-order valence-electron chi connectivity index (χ2n) is 4.44. The van der Waals surface area contributed by atoms with E-state index in [0.29, 0.717) is 10.6 Å². The molecule has 0 aliphatic heterocycles. The molecule has 0 bridgehead atoms. The normalized spacial score (nSPS) is 10.0. The number of amides is 1. The molecule has 2 rings (SSSR count). The van der Waals surface area contributed by atoms with E-state index >= 15 is 0 Å². The van der Waals surface area contributed by atoms with Gasteiger partial charge in [-0.3, -0.25) is 4.79 Å². The van der Waals surface area contributed by atoms with E-state index in [2.05, 4.69) is 10.1 Å². The van der Waals surface area contributed by atoms with Gasteiger partial charge in [0.2, 0.25) is 0 Å². The number of hydrogen-bond donors (Lipinski definition) is 1. The van der Waals surface area contributed by atoms with Crippen molar-refractivity contribution in [3.63, 3.8) is 0 Å². The van der Waals surface area contributed by atoms with Crippen molar-refractivity contribution in [2.75, 3.05) is 12.4 Å². The Morgan fingerprint density at radius 3 is 2.65 bits per heavy atom. The summed E-state index contributed by atoms with van der Waals surface area (Å²) in [5.41, 5.74) is 0.840. The molecule has 1 aromatic carbocycles. The third-order valence-electron chi connectivity index (χ3n) is 3.03. The van der Waals surface area contributed by atoms with Gasteiger partial charge in [-0.2, -0.15) is 5.26 Å². The van der Waals surface area contributed by atoms with Crippen LogP contribution in [0.25, 0.3) is 0 Å². The molecule has 8 heteroatoms. The lowest BCUT2D eigenvalue weighted by Gasteiger charge is -2.06. The zero-order valence-electron chi connectivity index (χ0n) is 12.1. The number of nitrogens with one attached hydrogen (secondary N) is 1. The van der Waals surface area contributed by atoms with Crippen LogP contribution in [0, 0.1) is 18.3 Å². The van der Waals surface area contributed by atoms with Gasteiger partial charge in [0, 0.05) is 5.02 Å². The summed E-state index contributed by atoms with van der Waals surface area (Å²) in [5, 5.41) is 12.7. The third kappa shape index (κ3) is 3.48. The minimum absolute atomic E-state index is 0.175. The molecular formula is C15H10Cl2N2O3S. The van der Waals surface area contributed by atoms with Crippen LogP contribution in [0.2, 0.25) is 10.0 Å². The lowest BCUT2D eigenvalue weighted by molar-refractivity contribution is 0.0605. The first-order valence-electron chi connectivity index (χ1n) is 6.27. The van der Waals surface area contributed by atoms with Crippen molar-refractivity contribution in [2.45, 2.75) is 6.92 Å². The largest absolute Gasteiger partial charge is 0.465 e. The molecule has 1 heterocycles. The Bertz CT molecular complexity index is 840. The quantitative estimate of drug-likeness (QED) is 0.820. The molecule has 0 aliphatic rings. The number of thiophene rings is 1. The minimum atomic E-state index is -0.565. The predicted molar refractivity (Wildman–Crippen MR) is 89.5 cm³/mol. The zero-order chi connectivity index (χ0) is 17.1. The Labute approximate surface area is 146 Å². The fraction of sp³-hybridized carbons (Fsp3) is 0.133. The van der Waals surface area contributed by atoms with Crippen LogP contribution < -0.4 is 5.32 Å². The molecule has 0 spiro atoms. The zero-order valence-corrected chi connectivity index (χ0v) is 14.4. The molecule has 0 atom stereocenters. The Hall–Kier alpha value is -2.07. The van der Waals surface area contributed by atoms with E-state index < -0.39 is 11.9 Å². The number of hydrogen-bond acceptors (Lipinski definition) is 5. The first-order chi connectivity index (χ1) is 10.9. The van der Waals surface area contributed by atoms with Crippen LogP contribution in [0.3, 0.4) is 0 Å². The van der Waals surface area contributed by atoms with Crippen molar-refractivity contribution in [3.05, 3.63) is 49.8 Å². The fourth-order valence-corrected chi connectivity index (χ4v) is 3.31. The van der Waals surface area contributed by atoms with Crippen molar-refractivity contribution in [1.29, 1.82) is 5.26 Å². The molecule has 0 saturated heterocycles. The maximum Gasteiger partial charge on any atom is 0.348 e. The van der Waals surface area contributed by atoms with Crippen molar-refractivity contribution >= 4 is 51.4 Å². The number of nitrogens with zero attached hydrogens (tertiary/aromatic N) is 1. The number of rotatable bonds is 3. The van der Waals surface area contributed by atoms with Crippen LogP contribution in [0.4, 0.5) is 5.00 Å². The topological polar surface area (TPSA) is 79.2 Å². The Morgan fingerprint density at radius 1 is 1.35 bits per heavy atom. The average molecular weight is 369 g/mol. The maximum absolute atomic E-state index is 12.3. The van der Waals surface area contributed by atoms with Gasteiger partial charge in [-0.25, -0.2) is 4.79 Å². The number of anilines is 1. The van der Waals surface area contributed by atoms with E-state index in [1.807, 2.05) is 6.07 Å². The van der Waals surface area contributed by atoms with E-state index in [9.17, 15) is 14.9 Å². The van der Waals surface area contributed by atoms with Gasteiger partial charge in [-0.05, 0) is 30.7 Å². The molecule has 1 amide bonds. The van der Waals surface area contributed by atoms with Gasteiger partial charge in [-0.15, -0.1) is 11.3 Å². The number of methoxy groups -OCH3 is 1. The first-order valence-corrected chi connectivity index (χ1v) is 7.84. The summed E-state index contributed by atoms with van der Waals surface area (Å²) in [5.74, 6) is -1.09. The standard InChI is InChI=1S/C15H10Cl2N2O3S/c1-7-10(6-18)14(23-12(7)15(21)22-2)19-13(20)9-5-8(16)3-4-11(9)17/h3-5H,1-2H3,(H,19,20). The summed E-state index contributed by atoms with van der Waals surface area (Å²) >= 11 is 12.8. The highest BCUT2D eigenvalue weighted by Crippen LogP contribution is 2.33. The Balaban J connectivity index is 2.40. The second kappa shape index (κ2) is 7.01. The van der Waals surface area contributed by atoms with Gasteiger partial charge in [0.25, 0.3) is 5.91 Å². The molecule has 1 N–H and O–H groups in total. The summed E-state index contributed by atoms with van der Waals surface area (Å²) in [4.78, 5) is 24.3. The number of benzene rings is 1. The van der Waals surface area contributed by atoms with Gasteiger partial charge in [0.05, 0.1) is 23.3 Å². The molecule has 0 aliphatic carbocycles. The highest BCUT2D eigenvalue weighted by atomic mass is 35.5. The highest BCUT2D eigenvalue weighted by molar-refractivity contribution is 7.18. The SMILES string of the molecule is COC(=O)c1sc(NC(=O)c2cc(Cl)ccc2Cl)c(C#N)c1C. The van der Waals surface area contributed by atoms with E-state index in [1.54, 1.807) is 13.0 Å². The molecule has 0 saturated carbocycles. The monoisotopic (exact) mass is 368 g/mol. The molecule has 1 aromatic heterocycles. The summed E-state index contributed by atoms with van der Waals surface area (Å²) in [6.07, 6.45) is 0. The number of nitriles is 1. The number of ether oxygens (including phenoxy) is 1. The Morgan fingerprint density at radius 2 is 2.04 bits per heavy atom. The summed E-state index contributed by atoms with van der Waals surface area (Å²) in [6.45, 7) is 1.61. The van der Waals surface area contributed by atoms with E-state index in [1.165, 1.54) is 19.2 Å². The highest BCUT2D eigenvalue weighted by Gasteiger charge is 2.22. The summed E-state index contributed by atoms with van der Waals surface area (Å²) in [7, 11) is 1.25. The molecule has 118 valence electrons. The lowest BCUT2D eigenvalue weighted by Crippen LogP contribution is -2.12. The van der Waals surface area contributed by atoms with Crippen LogP contribution in [0.1, 0.15) is 31.2 Å². The van der Waals surface area contributed by atoms with Crippen LogP contribution in [-0.2, 0) is 4.74 Å². The second-order valence-corrected chi connectivity index (χ2v) is 6.31. The minimum Gasteiger partial charge on any atom is -0.465 e. The average Bonchev–Trinajstić information content (AvgIpc) is 2.84. The van der Waals surface area contributed by atoms with E-state index in [4.69, 9.17) is 23.2 Å². The van der Waals surface area contributed by atoms with E-state index in [-0.39, 0.29) is 26.0 Å². The third-order valence-corrected chi connectivity index (χ3v) is 4.78. The van der Waals surface area contributed by atoms with Gasteiger partial charge >= 0.3 is 5.97 Å². The van der Waals surface area contributed by atoms with Gasteiger partial charge in [-0.1, -0.05) is 23.2 Å². The summed E-state index contributed by atoms with van der Waals surface area (Å²) < 4.78 is 4.67. The van der Waals surface area contributed by atoms with Crippen molar-refractivity contribution in [3.8, 4) is 6.07 Å². The van der Waals surface area contributed by atoms with Crippen molar-refractivity contribution in [1.82, 2.24) is 0 Å². The molecule has 2 aromatic rings. The first kappa shape index (κ1) is 17.3. The molecule has 23 heavy (non-hydrogen) atoms. The van der Waals surface area contributed by atoms with Crippen LogP contribution >= 0.6 is 34.5 Å². The lowest BCUT2D eigenvalue weighted by atomic mass is 10.1. The van der Waals surface area contributed by atoms with Crippen LogP contribution in [0.15, 0.2) is 18.2 Å². The maximum atomic E-state index is 12.3. The molecule has 5 nitrogen and oxygen atoms in total. The predicted octanol–water partition coefficient (Wildman–Crippen LogP) is 4.27. The number of carbonyl (C=O) groups excluding carboxylic acids is 2. The number of carbonyl (C=O) groups is 2. The molecular weight excluding hydrogens is 359 g/mol. The van der Waals surface area contributed by atoms with Gasteiger partial charge in [0.1, 0.15) is 15.9 Å². The molecule has 0 radical (unpaired) electrons. The van der Waals surface area contributed by atoms with Gasteiger partial charge < -0.3 is 10.1 Å². The molecule has 0 fully saturated rings. The van der Waals surface area contributed by atoms with Crippen LogP contribution in [-0.4, -0.2) is 19.0 Å². The Kier molecular flexibility index (Phi) is 5.26. The van der Waals surface area contributed by atoms with Crippen LogP contribution in [0.5, 0.6) is 0 Å². The summed E-state index contributed by atoms with van der Waals surface area (Å²) in [6, 6.07) is 6.46. The van der Waals surface area contributed by atoms with Crippen molar-refractivity contribution < 1.29 is 14.3 Å². The number of halogens is 2. The van der Waals surface area contributed by atoms with Crippen molar-refractivity contribution in [2.24, 2.45) is 0 Å². The number of esters is 1.